The molecule has 2 amide bonds. The van der Waals surface area contributed by atoms with Gasteiger partial charge in [0, 0.05) is 57.5 Å². The third-order valence-electron chi connectivity index (χ3n) is 6.14. The van der Waals surface area contributed by atoms with Gasteiger partial charge < -0.3 is 9.80 Å². The smallest absolute Gasteiger partial charge is 0.255 e. The highest BCUT2D eigenvalue weighted by Crippen LogP contribution is 2.38. The Morgan fingerprint density at radius 1 is 0.969 bits per heavy atom. The first kappa shape index (κ1) is 21.6. The molecule has 2 aromatic heterocycles. The van der Waals surface area contributed by atoms with Gasteiger partial charge in [-0.25, -0.2) is 9.97 Å². The molecule has 1 aromatic carbocycles. The van der Waals surface area contributed by atoms with Crippen molar-refractivity contribution in [1.29, 1.82) is 0 Å². The maximum absolute atomic E-state index is 13.3. The summed E-state index contributed by atoms with van der Waals surface area (Å²) in [7, 11) is 3.60. The molecule has 1 saturated heterocycles. The lowest BCUT2D eigenvalue weighted by Crippen LogP contribution is -2.51. The summed E-state index contributed by atoms with van der Waals surface area (Å²) in [6.45, 7) is 1.08. The maximum atomic E-state index is 13.3. The van der Waals surface area contributed by atoms with Crippen molar-refractivity contribution in [3.8, 4) is 11.1 Å². The second-order valence-corrected chi connectivity index (χ2v) is 8.52. The Balaban J connectivity index is 1.55. The lowest BCUT2D eigenvalue weighted by atomic mass is 9.72. The Kier molecular flexibility index (Phi) is 6.25. The maximum Gasteiger partial charge on any atom is 0.255 e. The molecule has 1 aliphatic rings. The van der Waals surface area contributed by atoms with Crippen LogP contribution in [-0.4, -0.2) is 63.8 Å². The summed E-state index contributed by atoms with van der Waals surface area (Å²) < 4.78 is 0. The summed E-state index contributed by atoms with van der Waals surface area (Å²) in [6, 6.07) is 11.7. The van der Waals surface area contributed by atoms with Gasteiger partial charge in [-0.2, -0.15) is 0 Å². The van der Waals surface area contributed by atoms with Crippen LogP contribution < -0.4 is 0 Å². The minimum absolute atomic E-state index is 0.0323. The average molecular weight is 430 g/mol. The topological polar surface area (TPSA) is 79.3 Å². The van der Waals surface area contributed by atoms with Gasteiger partial charge in [0.15, 0.2) is 0 Å². The number of aromatic nitrogens is 3. The molecule has 7 heteroatoms. The summed E-state index contributed by atoms with van der Waals surface area (Å²) >= 11 is 0. The molecule has 0 atom stereocenters. The number of amides is 2. The van der Waals surface area contributed by atoms with Crippen LogP contribution in [0.3, 0.4) is 0 Å². The molecule has 0 aliphatic carbocycles. The van der Waals surface area contributed by atoms with Crippen LogP contribution in [0.5, 0.6) is 0 Å². The van der Waals surface area contributed by atoms with Gasteiger partial charge in [0.1, 0.15) is 6.33 Å². The van der Waals surface area contributed by atoms with E-state index < -0.39 is 5.41 Å². The highest BCUT2D eigenvalue weighted by molar-refractivity contribution is 5.94. The number of rotatable bonds is 5. The summed E-state index contributed by atoms with van der Waals surface area (Å²) in [5.74, 6) is 0.0782. The Bertz CT molecular complexity index is 1080. The number of pyridine rings is 1. The van der Waals surface area contributed by atoms with Crippen molar-refractivity contribution >= 4 is 11.8 Å². The van der Waals surface area contributed by atoms with Crippen molar-refractivity contribution in [2.45, 2.75) is 19.3 Å². The number of carbonyl (C=O) groups is 2. The van der Waals surface area contributed by atoms with E-state index in [1.807, 2.05) is 17.0 Å². The number of piperidine rings is 1. The number of carbonyl (C=O) groups excluding carboxylic acids is 2. The van der Waals surface area contributed by atoms with Crippen molar-refractivity contribution in [1.82, 2.24) is 24.8 Å². The molecule has 164 valence electrons. The van der Waals surface area contributed by atoms with E-state index in [4.69, 9.17) is 0 Å². The zero-order chi connectivity index (χ0) is 22.6. The Hall–Kier alpha value is -3.61. The van der Waals surface area contributed by atoms with Gasteiger partial charge in [-0.3, -0.25) is 14.6 Å². The van der Waals surface area contributed by atoms with Crippen molar-refractivity contribution in [2.24, 2.45) is 5.41 Å². The van der Waals surface area contributed by atoms with Gasteiger partial charge in [-0.1, -0.05) is 24.3 Å². The monoisotopic (exact) mass is 429 g/mol. The molecule has 0 bridgehead atoms. The molecular formula is C25H27N5O2. The first-order chi connectivity index (χ1) is 15.5. The molecule has 0 spiro atoms. The number of hydrogen-bond acceptors (Lipinski definition) is 5. The Morgan fingerprint density at radius 3 is 2.38 bits per heavy atom. The lowest BCUT2D eigenvalue weighted by molar-refractivity contribution is -0.142. The van der Waals surface area contributed by atoms with E-state index in [9.17, 15) is 9.59 Å². The fourth-order valence-corrected chi connectivity index (χ4v) is 4.45. The number of nitrogens with zero attached hydrogens (tertiary/aromatic N) is 5. The SMILES string of the molecule is CN(C)C(=O)C1(Cc2cccc(-c3cncnc3)c2)CCN(C(=O)c2cccnc2)CC1. The molecule has 32 heavy (non-hydrogen) atoms. The molecule has 0 radical (unpaired) electrons. The van der Waals surface area contributed by atoms with Crippen LogP contribution in [-0.2, 0) is 11.2 Å². The van der Waals surface area contributed by atoms with Crippen LogP contribution >= 0.6 is 0 Å². The van der Waals surface area contributed by atoms with Crippen LogP contribution in [0.2, 0.25) is 0 Å². The average Bonchev–Trinajstić information content (AvgIpc) is 2.85. The van der Waals surface area contributed by atoms with Crippen molar-refractivity contribution in [2.75, 3.05) is 27.2 Å². The first-order valence-corrected chi connectivity index (χ1v) is 10.7. The molecule has 1 fully saturated rings. The molecule has 3 heterocycles. The van der Waals surface area contributed by atoms with Crippen LogP contribution in [0.4, 0.5) is 0 Å². The van der Waals surface area contributed by atoms with E-state index in [1.165, 1.54) is 6.33 Å². The molecule has 1 aliphatic heterocycles. The Morgan fingerprint density at radius 2 is 1.72 bits per heavy atom. The summed E-state index contributed by atoms with van der Waals surface area (Å²) in [4.78, 5) is 41.9. The molecular weight excluding hydrogens is 402 g/mol. The highest BCUT2D eigenvalue weighted by Gasteiger charge is 2.43. The van der Waals surface area contributed by atoms with Crippen molar-refractivity contribution in [3.05, 3.63) is 78.6 Å². The second kappa shape index (κ2) is 9.26. The van der Waals surface area contributed by atoms with E-state index in [0.29, 0.717) is 37.9 Å². The number of benzene rings is 1. The quantitative estimate of drug-likeness (QED) is 0.623. The molecule has 0 saturated carbocycles. The summed E-state index contributed by atoms with van der Waals surface area (Å²) in [6.07, 6.45) is 10.2. The van der Waals surface area contributed by atoms with Crippen LogP contribution in [0.25, 0.3) is 11.1 Å². The van der Waals surface area contributed by atoms with Gasteiger partial charge in [0.25, 0.3) is 5.91 Å². The fraction of sp³-hybridized carbons (Fsp3) is 0.320. The number of hydrogen-bond donors (Lipinski definition) is 0. The van der Waals surface area contributed by atoms with E-state index >= 15 is 0 Å². The van der Waals surface area contributed by atoms with Gasteiger partial charge in [-0.05, 0) is 42.5 Å². The standard InChI is InChI=1S/C25H27N5O2/c1-29(2)24(32)25(8-11-30(12-9-25)23(31)21-7-4-10-26-15-21)14-19-5-3-6-20(13-19)22-16-27-18-28-17-22/h3-7,10,13,15-18H,8-9,11-12,14H2,1-2H3. The van der Waals surface area contributed by atoms with Gasteiger partial charge in [0.2, 0.25) is 5.91 Å². The zero-order valence-corrected chi connectivity index (χ0v) is 18.4. The fourth-order valence-electron chi connectivity index (χ4n) is 4.45. The minimum atomic E-state index is -0.541. The third-order valence-corrected chi connectivity index (χ3v) is 6.14. The van der Waals surface area contributed by atoms with Crippen molar-refractivity contribution in [3.63, 3.8) is 0 Å². The van der Waals surface area contributed by atoms with E-state index in [2.05, 4.69) is 27.1 Å². The second-order valence-electron chi connectivity index (χ2n) is 8.52. The predicted molar refractivity (Wildman–Crippen MR) is 122 cm³/mol. The van der Waals surface area contributed by atoms with Gasteiger partial charge >= 0.3 is 0 Å². The van der Waals surface area contributed by atoms with Crippen LogP contribution in [0.15, 0.2) is 67.5 Å². The van der Waals surface area contributed by atoms with E-state index in [0.717, 1.165) is 16.7 Å². The summed E-state index contributed by atoms with van der Waals surface area (Å²) in [5.41, 5.74) is 3.10. The zero-order valence-electron chi connectivity index (χ0n) is 18.4. The van der Waals surface area contributed by atoms with E-state index in [1.54, 1.807) is 55.9 Å². The molecule has 0 unspecified atom stereocenters. The van der Waals surface area contributed by atoms with E-state index in [-0.39, 0.29) is 11.8 Å². The molecule has 0 N–H and O–H groups in total. The molecule has 3 aromatic rings. The largest absolute Gasteiger partial charge is 0.348 e. The summed E-state index contributed by atoms with van der Waals surface area (Å²) in [5, 5.41) is 0. The normalized spacial score (nSPS) is 15.2. The minimum Gasteiger partial charge on any atom is -0.348 e. The van der Waals surface area contributed by atoms with Gasteiger partial charge in [0.05, 0.1) is 11.0 Å². The molecule has 4 rings (SSSR count). The Labute approximate surface area is 188 Å². The highest BCUT2D eigenvalue weighted by atomic mass is 16.2. The van der Waals surface area contributed by atoms with Crippen molar-refractivity contribution < 1.29 is 9.59 Å². The van der Waals surface area contributed by atoms with Crippen LogP contribution in [0, 0.1) is 5.41 Å². The predicted octanol–water partition coefficient (Wildman–Crippen LogP) is 3.09. The first-order valence-electron chi connectivity index (χ1n) is 10.7. The molecule has 7 nitrogen and oxygen atoms in total. The third kappa shape index (κ3) is 4.51. The van der Waals surface area contributed by atoms with Gasteiger partial charge in [-0.15, -0.1) is 0 Å². The van der Waals surface area contributed by atoms with Crippen LogP contribution in [0.1, 0.15) is 28.8 Å². The lowest BCUT2D eigenvalue weighted by Gasteiger charge is -2.42. The number of likely N-dealkylation sites (tertiary alicyclic amines) is 1.